The molecule has 0 aliphatic carbocycles. The van der Waals surface area contributed by atoms with Gasteiger partial charge in [0.25, 0.3) is 0 Å². The first-order valence-electron chi connectivity index (χ1n) is 7.60. The molecule has 3 rings (SSSR count). The molecule has 0 aromatic heterocycles. The molecule has 25 heavy (non-hydrogen) atoms. The number of rotatable bonds is 4. The van der Waals surface area contributed by atoms with Crippen LogP contribution in [0.25, 0.3) is 21.6 Å². The van der Waals surface area contributed by atoms with Crippen molar-refractivity contribution < 1.29 is 9.59 Å². The van der Waals surface area contributed by atoms with Crippen LogP contribution in [0.1, 0.15) is 26.3 Å². The molecule has 5 heteroatoms. The third kappa shape index (κ3) is 3.32. The van der Waals surface area contributed by atoms with Crippen LogP contribution in [0.4, 0.5) is 0 Å². The summed E-state index contributed by atoms with van der Waals surface area (Å²) >= 11 is 0. The first-order valence-corrected chi connectivity index (χ1v) is 7.60. The molecule has 0 heterocycles. The first kappa shape index (κ1) is 16.2. The maximum Gasteiger partial charge on any atom is 0.249 e. The molecule has 1 amide bonds. The number of carbonyl (C=O) groups is 2. The van der Waals surface area contributed by atoms with Crippen LogP contribution in [0.15, 0.2) is 84.0 Å². The predicted octanol–water partition coefficient (Wildman–Crippen LogP) is 5.04. The van der Waals surface area contributed by atoms with Crippen molar-refractivity contribution >= 4 is 11.7 Å². The molecule has 5 nitrogen and oxygen atoms in total. The van der Waals surface area contributed by atoms with Crippen LogP contribution in [0.3, 0.4) is 0 Å². The topological polar surface area (TPSA) is 82.9 Å². The minimum Gasteiger partial charge on any atom is -0.289 e. The Kier molecular flexibility index (Phi) is 4.69. The predicted molar refractivity (Wildman–Crippen MR) is 95.2 cm³/mol. The van der Waals surface area contributed by atoms with E-state index in [2.05, 4.69) is 10.0 Å². The summed E-state index contributed by atoms with van der Waals surface area (Å²) in [6.45, 7) is 0. The van der Waals surface area contributed by atoms with E-state index in [4.69, 9.17) is 5.53 Å². The highest BCUT2D eigenvalue weighted by Crippen LogP contribution is 2.29. The third-order valence-electron chi connectivity index (χ3n) is 3.78. The summed E-state index contributed by atoms with van der Waals surface area (Å²) in [5.74, 6) is -1.07. The molecule has 0 spiro atoms. The van der Waals surface area contributed by atoms with Crippen molar-refractivity contribution in [2.45, 2.75) is 0 Å². The first-order chi connectivity index (χ1) is 12.2. The van der Waals surface area contributed by atoms with E-state index >= 15 is 0 Å². The van der Waals surface area contributed by atoms with Gasteiger partial charge in [0.05, 0.1) is 0 Å². The summed E-state index contributed by atoms with van der Waals surface area (Å²) in [5.41, 5.74) is 10.8. The Morgan fingerprint density at radius 2 is 1.44 bits per heavy atom. The standard InChI is InChI=1S/C20H13N3O2/c21-23-22-20(25)17-13-7-12-16(14-8-3-1-4-9-14)18(17)19(24)15-10-5-2-6-11-15/h1-13H. The lowest BCUT2D eigenvalue weighted by molar-refractivity contribution is 0.0981. The van der Waals surface area contributed by atoms with Crippen molar-refractivity contribution in [3.05, 3.63) is 106 Å². The van der Waals surface area contributed by atoms with Crippen LogP contribution in [0, 0.1) is 0 Å². The van der Waals surface area contributed by atoms with Crippen molar-refractivity contribution in [1.82, 2.24) is 0 Å². The van der Waals surface area contributed by atoms with Gasteiger partial charge in [0, 0.05) is 21.6 Å². The average molecular weight is 327 g/mol. The highest BCUT2D eigenvalue weighted by atomic mass is 16.2. The van der Waals surface area contributed by atoms with Crippen molar-refractivity contribution in [2.75, 3.05) is 0 Å². The molecule has 0 saturated heterocycles. The van der Waals surface area contributed by atoms with E-state index in [0.717, 1.165) is 5.56 Å². The number of hydrogen-bond acceptors (Lipinski definition) is 2. The number of benzene rings is 3. The van der Waals surface area contributed by atoms with E-state index in [1.54, 1.807) is 36.4 Å². The Labute approximate surface area is 144 Å². The minimum atomic E-state index is -0.778. The second kappa shape index (κ2) is 7.25. The molecule has 0 fully saturated rings. The molecule has 0 saturated carbocycles. The Morgan fingerprint density at radius 1 is 0.800 bits per heavy atom. The van der Waals surface area contributed by atoms with E-state index in [1.807, 2.05) is 36.4 Å². The second-order valence-corrected chi connectivity index (χ2v) is 5.28. The normalized spacial score (nSPS) is 9.92. The lowest BCUT2D eigenvalue weighted by Crippen LogP contribution is -2.10. The number of amides is 1. The van der Waals surface area contributed by atoms with Gasteiger partial charge >= 0.3 is 0 Å². The molecular weight excluding hydrogens is 314 g/mol. The zero-order valence-electron chi connectivity index (χ0n) is 13.2. The fourth-order valence-corrected chi connectivity index (χ4v) is 2.66. The van der Waals surface area contributed by atoms with Crippen molar-refractivity contribution in [2.24, 2.45) is 5.11 Å². The summed E-state index contributed by atoms with van der Waals surface area (Å²) in [6, 6.07) is 22.9. The second-order valence-electron chi connectivity index (χ2n) is 5.28. The highest BCUT2D eigenvalue weighted by Gasteiger charge is 2.22. The molecule has 3 aromatic rings. The van der Waals surface area contributed by atoms with Gasteiger partial charge in [0.15, 0.2) is 5.78 Å². The van der Waals surface area contributed by atoms with Crippen LogP contribution in [0.2, 0.25) is 0 Å². The zero-order valence-corrected chi connectivity index (χ0v) is 13.2. The Balaban J connectivity index is 2.27. The number of carbonyl (C=O) groups excluding carboxylic acids is 2. The van der Waals surface area contributed by atoms with Crippen LogP contribution >= 0.6 is 0 Å². The summed E-state index contributed by atoms with van der Waals surface area (Å²) in [4.78, 5) is 27.8. The van der Waals surface area contributed by atoms with Crippen molar-refractivity contribution in [3.8, 4) is 11.1 Å². The highest BCUT2D eigenvalue weighted by molar-refractivity contribution is 6.18. The van der Waals surface area contributed by atoms with Gasteiger partial charge < -0.3 is 0 Å². The van der Waals surface area contributed by atoms with E-state index in [-0.39, 0.29) is 16.9 Å². The molecule has 0 aliphatic heterocycles. The molecular formula is C20H13N3O2. The molecule has 0 radical (unpaired) electrons. The third-order valence-corrected chi connectivity index (χ3v) is 3.78. The minimum absolute atomic E-state index is 0.0907. The summed E-state index contributed by atoms with van der Waals surface area (Å²) in [5, 5.41) is 3.16. The Hall–Kier alpha value is -3.69. The molecule has 120 valence electrons. The van der Waals surface area contributed by atoms with Crippen LogP contribution in [0.5, 0.6) is 0 Å². The lowest BCUT2D eigenvalue weighted by atomic mass is 9.90. The van der Waals surface area contributed by atoms with Gasteiger partial charge in [-0.2, -0.15) is 0 Å². The monoisotopic (exact) mass is 327 g/mol. The molecule has 0 atom stereocenters. The summed E-state index contributed by atoms with van der Waals surface area (Å²) in [6.07, 6.45) is 0. The van der Waals surface area contributed by atoms with Crippen molar-refractivity contribution in [1.29, 1.82) is 0 Å². The van der Waals surface area contributed by atoms with Gasteiger partial charge in [-0.25, -0.2) is 0 Å². The quantitative estimate of drug-likeness (QED) is 0.291. The molecule has 0 unspecified atom stereocenters. The number of ketones is 1. The Morgan fingerprint density at radius 3 is 2.08 bits per heavy atom. The van der Waals surface area contributed by atoms with Gasteiger partial charge in [-0.1, -0.05) is 78.9 Å². The molecule has 0 aliphatic rings. The van der Waals surface area contributed by atoms with Gasteiger partial charge in [0.1, 0.15) is 0 Å². The van der Waals surface area contributed by atoms with Gasteiger partial charge in [-0.15, -0.1) is 0 Å². The number of nitrogens with zero attached hydrogens (tertiary/aromatic N) is 3. The smallest absolute Gasteiger partial charge is 0.249 e. The zero-order chi connectivity index (χ0) is 17.6. The Bertz CT molecular complexity index is 976. The summed E-state index contributed by atoms with van der Waals surface area (Å²) < 4.78 is 0. The fraction of sp³-hybridized carbons (Fsp3) is 0. The molecule has 3 aromatic carbocycles. The van der Waals surface area contributed by atoms with Crippen molar-refractivity contribution in [3.63, 3.8) is 0 Å². The van der Waals surface area contributed by atoms with Gasteiger partial charge in [-0.3, -0.25) is 9.59 Å². The number of hydrogen-bond donors (Lipinski definition) is 0. The molecule has 0 N–H and O–H groups in total. The van der Waals surface area contributed by atoms with E-state index in [0.29, 0.717) is 11.1 Å². The maximum absolute atomic E-state index is 13.1. The van der Waals surface area contributed by atoms with Gasteiger partial charge in [-0.05, 0) is 21.8 Å². The fourth-order valence-electron chi connectivity index (χ4n) is 2.66. The van der Waals surface area contributed by atoms with Crippen LogP contribution in [-0.2, 0) is 0 Å². The maximum atomic E-state index is 13.1. The van der Waals surface area contributed by atoms with E-state index in [1.165, 1.54) is 6.07 Å². The lowest BCUT2D eigenvalue weighted by Gasteiger charge is -2.13. The molecule has 0 bridgehead atoms. The number of azide groups is 1. The van der Waals surface area contributed by atoms with Crippen LogP contribution in [-0.4, -0.2) is 11.7 Å². The average Bonchev–Trinajstić information content (AvgIpc) is 2.68. The largest absolute Gasteiger partial charge is 0.289 e. The van der Waals surface area contributed by atoms with E-state index in [9.17, 15) is 9.59 Å². The van der Waals surface area contributed by atoms with Crippen LogP contribution < -0.4 is 0 Å². The summed E-state index contributed by atoms with van der Waals surface area (Å²) in [7, 11) is 0. The van der Waals surface area contributed by atoms with Gasteiger partial charge in [0.2, 0.25) is 5.91 Å². The van der Waals surface area contributed by atoms with E-state index < -0.39 is 5.91 Å². The SMILES string of the molecule is [N-]=[N+]=NC(=O)c1cccc(-c2ccccc2)c1C(=O)c1ccccc1.